The van der Waals surface area contributed by atoms with E-state index in [0.29, 0.717) is 12.6 Å². The van der Waals surface area contributed by atoms with Crippen LogP contribution >= 0.6 is 0 Å². The monoisotopic (exact) mass is 208 g/mol. The Kier molecular flexibility index (Phi) is 5.97. The number of aliphatic hydroxyl groups excluding tert-OH is 1. The Balaban J connectivity index is 2.16. The highest BCUT2D eigenvalue weighted by Crippen LogP contribution is 2.09. The normalized spacial score (nSPS) is 12.7. The molecule has 0 aliphatic carbocycles. The van der Waals surface area contributed by atoms with E-state index in [2.05, 4.69) is 23.3 Å². The molecule has 0 fully saturated rings. The van der Waals surface area contributed by atoms with Crippen LogP contribution in [-0.4, -0.2) is 23.2 Å². The zero-order chi connectivity index (χ0) is 10.9. The van der Waals surface area contributed by atoms with Crippen LogP contribution in [0, 0.1) is 0 Å². The van der Waals surface area contributed by atoms with Crippen molar-refractivity contribution in [2.45, 2.75) is 32.2 Å². The van der Waals surface area contributed by atoms with Crippen LogP contribution in [0.2, 0.25) is 0 Å². The molecule has 0 spiro atoms. The van der Waals surface area contributed by atoms with Crippen molar-refractivity contribution < 1.29 is 5.11 Å². The molecule has 0 aliphatic heterocycles. The Hall–Kier alpha value is -0.930. The Morgan fingerprint density at radius 3 is 2.93 bits per heavy atom. The van der Waals surface area contributed by atoms with Crippen molar-refractivity contribution in [2.24, 2.45) is 0 Å². The highest BCUT2D eigenvalue weighted by Gasteiger charge is 2.02. The minimum absolute atomic E-state index is 0.304. The summed E-state index contributed by atoms with van der Waals surface area (Å²) in [6.07, 6.45) is 6.79. The molecule has 0 saturated carbocycles. The smallest absolute Gasteiger partial charge is 0.0431 e. The second-order valence-corrected chi connectivity index (χ2v) is 3.75. The van der Waals surface area contributed by atoms with Crippen LogP contribution in [0.1, 0.15) is 37.8 Å². The average Bonchev–Trinajstić information content (AvgIpc) is 2.30. The molecule has 1 aromatic rings. The fourth-order valence-corrected chi connectivity index (χ4v) is 1.48. The van der Waals surface area contributed by atoms with Crippen LogP contribution < -0.4 is 5.32 Å². The molecule has 0 radical (unpaired) electrons. The second-order valence-electron chi connectivity index (χ2n) is 3.75. The number of aromatic nitrogens is 1. The van der Waals surface area contributed by atoms with Crippen molar-refractivity contribution in [1.29, 1.82) is 0 Å². The van der Waals surface area contributed by atoms with Crippen LogP contribution in [0.15, 0.2) is 24.5 Å². The van der Waals surface area contributed by atoms with E-state index in [9.17, 15) is 0 Å². The lowest BCUT2D eigenvalue weighted by Crippen LogP contribution is -2.19. The average molecular weight is 208 g/mol. The first-order chi connectivity index (χ1) is 7.34. The van der Waals surface area contributed by atoms with Gasteiger partial charge in [0.15, 0.2) is 0 Å². The number of rotatable bonds is 7. The molecule has 2 N–H and O–H groups in total. The van der Waals surface area contributed by atoms with E-state index in [4.69, 9.17) is 5.11 Å². The minimum Gasteiger partial charge on any atom is -0.396 e. The highest BCUT2D eigenvalue weighted by molar-refractivity contribution is 5.12. The van der Waals surface area contributed by atoms with Crippen LogP contribution in [0.4, 0.5) is 0 Å². The molecule has 15 heavy (non-hydrogen) atoms. The largest absolute Gasteiger partial charge is 0.396 e. The molecule has 0 aliphatic rings. The van der Waals surface area contributed by atoms with Gasteiger partial charge in [-0.3, -0.25) is 4.98 Å². The molecule has 3 heteroatoms. The number of nitrogens with one attached hydrogen (secondary N) is 1. The maximum absolute atomic E-state index is 8.62. The van der Waals surface area contributed by atoms with E-state index >= 15 is 0 Å². The topological polar surface area (TPSA) is 45.1 Å². The Morgan fingerprint density at radius 1 is 1.40 bits per heavy atom. The summed E-state index contributed by atoms with van der Waals surface area (Å²) in [4.78, 5) is 4.09. The van der Waals surface area contributed by atoms with Gasteiger partial charge in [-0.1, -0.05) is 6.07 Å². The first kappa shape index (κ1) is 12.1. The molecule has 1 aromatic heterocycles. The maximum atomic E-state index is 8.62. The van der Waals surface area contributed by atoms with Gasteiger partial charge in [0, 0.05) is 25.0 Å². The number of aliphatic hydroxyl groups is 1. The summed E-state index contributed by atoms with van der Waals surface area (Å²) in [5.41, 5.74) is 1.22. The van der Waals surface area contributed by atoms with E-state index in [0.717, 1.165) is 25.8 Å². The lowest BCUT2D eigenvalue weighted by molar-refractivity contribution is 0.282. The van der Waals surface area contributed by atoms with Crippen molar-refractivity contribution in [1.82, 2.24) is 10.3 Å². The summed E-state index contributed by atoms with van der Waals surface area (Å²) < 4.78 is 0. The molecule has 1 heterocycles. The third-order valence-corrected chi connectivity index (χ3v) is 2.47. The van der Waals surface area contributed by atoms with Gasteiger partial charge >= 0.3 is 0 Å². The van der Waals surface area contributed by atoms with Gasteiger partial charge in [-0.15, -0.1) is 0 Å². The first-order valence-electron chi connectivity index (χ1n) is 5.58. The van der Waals surface area contributed by atoms with E-state index in [1.54, 1.807) is 6.20 Å². The maximum Gasteiger partial charge on any atom is 0.0431 e. The third-order valence-electron chi connectivity index (χ3n) is 2.47. The van der Waals surface area contributed by atoms with Gasteiger partial charge in [-0.25, -0.2) is 0 Å². The molecule has 0 unspecified atom stereocenters. The number of nitrogens with zero attached hydrogens (tertiary/aromatic N) is 1. The minimum atomic E-state index is 0.304. The molecule has 0 aromatic carbocycles. The summed E-state index contributed by atoms with van der Waals surface area (Å²) in [5.74, 6) is 0. The predicted octanol–water partition coefficient (Wildman–Crippen LogP) is 1.89. The third kappa shape index (κ3) is 4.91. The molecule has 0 bridgehead atoms. The van der Waals surface area contributed by atoms with Crippen molar-refractivity contribution in [3.05, 3.63) is 30.1 Å². The van der Waals surface area contributed by atoms with Gasteiger partial charge in [-0.05, 0) is 44.4 Å². The molecule has 1 atom stereocenters. The van der Waals surface area contributed by atoms with Gasteiger partial charge < -0.3 is 10.4 Å². The van der Waals surface area contributed by atoms with Gasteiger partial charge in [0.25, 0.3) is 0 Å². The van der Waals surface area contributed by atoms with Crippen LogP contribution in [0.25, 0.3) is 0 Å². The zero-order valence-corrected chi connectivity index (χ0v) is 9.32. The van der Waals surface area contributed by atoms with E-state index in [-0.39, 0.29) is 0 Å². The van der Waals surface area contributed by atoms with E-state index < -0.39 is 0 Å². The van der Waals surface area contributed by atoms with Crippen LogP contribution in [-0.2, 0) is 0 Å². The number of pyridine rings is 1. The quantitative estimate of drug-likeness (QED) is 0.673. The summed E-state index contributed by atoms with van der Waals surface area (Å²) in [5, 5.41) is 12.1. The van der Waals surface area contributed by atoms with Gasteiger partial charge in [0.2, 0.25) is 0 Å². The molecule has 1 rings (SSSR count). The predicted molar refractivity (Wildman–Crippen MR) is 61.6 cm³/mol. The van der Waals surface area contributed by atoms with Crippen LogP contribution in [0.5, 0.6) is 0 Å². The highest BCUT2D eigenvalue weighted by atomic mass is 16.2. The number of hydrogen-bond acceptors (Lipinski definition) is 3. The van der Waals surface area contributed by atoms with Crippen molar-refractivity contribution in [2.75, 3.05) is 13.2 Å². The lowest BCUT2D eigenvalue weighted by Gasteiger charge is -2.13. The first-order valence-corrected chi connectivity index (χ1v) is 5.58. The molecule has 0 amide bonds. The fraction of sp³-hybridized carbons (Fsp3) is 0.583. The SMILES string of the molecule is C[C@@H](NCCCCCO)c1cccnc1. The fourth-order valence-electron chi connectivity index (χ4n) is 1.48. The van der Waals surface area contributed by atoms with Crippen LogP contribution in [0.3, 0.4) is 0 Å². The summed E-state index contributed by atoms with van der Waals surface area (Å²) in [6, 6.07) is 4.39. The Bertz CT molecular complexity index is 251. The molecule has 0 saturated heterocycles. The molecule has 84 valence electrons. The number of hydrogen-bond donors (Lipinski definition) is 2. The zero-order valence-electron chi connectivity index (χ0n) is 9.32. The second kappa shape index (κ2) is 7.37. The van der Waals surface area contributed by atoms with E-state index in [1.807, 2.05) is 12.3 Å². The molecular formula is C12H20N2O. The van der Waals surface area contributed by atoms with Crippen molar-refractivity contribution in [3.8, 4) is 0 Å². The molecule has 3 nitrogen and oxygen atoms in total. The Morgan fingerprint density at radius 2 is 2.27 bits per heavy atom. The van der Waals surface area contributed by atoms with E-state index in [1.165, 1.54) is 5.56 Å². The standard InChI is InChI=1S/C12H20N2O/c1-11(12-6-5-7-13-10-12)14-8-3-2-4-9-15/h5-7,10-11,14-15H,2-4,8-9H2,1H3/t11-/m1/s1. The lowest BCUT2D eigenvalue weighted by atomic mass is 10.1. The molecular weight excluding hydrogens is 188 g/mol. The summed E-state index contributed by atoms with van der Waals surface area (Å²) >= 11 is 0. The van der Waals surface area contributed by atoms with Gasteiger partial charge in [-0.2, -0.15) is 0 Å². The Labute approximate surface area is 91.5 Å². The van der Waals surface area contributed by atoms with Gasteiger partial charge in [0.1, 0.15) is 0 Å². The van der Waals surface area contributed by atoms with Gasteiger partial charge in [0.05, 0.1) is 0 Å². The van der Waals surface area contributed by atoms with Crippen molar-refractivity contribution >= 4 is 0 Å². The summed E-state index contributed by atoms with van der Waals surface area (Å²) in [7, 11) is 0. The summed E-state index contributed by atoms with van der Waals surface area (Å²) in [6.45, 7) is 3.44. The number of unbranched alkanes of at least 4 members (excludes halogenated alkanes) is 2. The van der Waals surface area contributed by atoms with Crippen molar-refractivity contribution in [3.63, 3.8) is 0 Å².